The first-order chi connectivity index (χ1) is 9.63. The number of anilines is 1. The lowest BCUT2D eigenvalue weighted by Crippen LogP contribution is -2.47. The lowest BCUT2D eigenvalue weighted by molar-refractivity contribution is 0.0951. The quantitative estimate of drug-likeness (QED) is 0.683. The average molecular weight is 314 g/mol. The lowest BCUT2D eigenvalue weighted by Gasteiger charge is -2.25. The summed E-state index contributed by atoms with van der Waals surface area (Å²) >= 11 is 0. The molecule has 7 nitrogen and oxygen atoms in total. The van der Waals surface area contributed by atoms with Gasteiger partial charge >= 0.3 is 0 Å². The number of rotatable bonds is 7. The first-order valence-corrected chi connectivity index (χ1v) is 8.49. The maximum Gasteiger partial charge on any atom is 0.269 e. The molecule has 0 aromatic carbocycles. The van der Waals surface area contributed by atoms with Crippen LogP contribution in [-0.2, 0) is 10.0 Å². The molecule has 21 heavy (non-hydrogen) atoms. The van der Waals surface area contributed by atoms with E-state index in [0.29, 0.717) is 24.5 Å². The number of carbonyl (C=O) groups is 1. The van der Waals surface area contributed by atoms with E-state index in [4.69, 9.17) is 0 Å². The minimum atomic E-state index is -3.28. The Hall–Kier alpha value is -1.67. The van der Waals surface area contributed by atoms with Gasteiger partial charge in [-0.05, 0) is 32.9 Å². The third-order valence-electron chi connectivity index (χ3n) is 2.53. The molecule has 0 aliphatic heterocycles. The van der Waals surface area contributed by atoms with Crippen molar-refractivity contribution in [1.82, 2.24) is 15.0 Å². The second kappa shape index (κ2) is 6.86. The third kappa shape index (κ3) is 6.54. The van der Waals surface area contributed by atoms with Gasteiger partial charge in [-0.25, -0.2) is 13.1 Å². The molecular formula is C13H22N4O3S. The Morgan fingerprint density at radius 3 is 2.62 bits per heavy atom. The van der Waals surface area contributed by atoms with E-state index in [1.165, 1.54) is 6.20 Å². The van der Waals surface area contributed by atoms with Crippen molar-refractivity contribution in [2.75, 3.05) is 24.7 Å². The van der Waals surface area contributed by atoms with Gasteiger partial charge in [0.2, 0.25) is 10.0 Å². The Labute approximate surface area is 125 Å². The molecule has 8 heteroatoms. The van der Waals surface area contributed by atoms with Gasteiger partial charge in [0.1, 0.15) is 5.69 Å². The van der Waals surface area contributed by atoms with Crippen LogP contribution in [0.1, 0.15) is 31.3 Å². The minimum absolute atomic E-state index is 0.241. The van der Waals surface area contributed by atoms with E-state index in [2.05, 4.69) is 20.3 Å². The minimum Gasteiger partial charge on any atom is -0.383 e. The molecular weight excluding hydrogens is 292 g/mol. The van der Waals surface area contributed by atoms with Crippen molar-refractivity contribution in [2.24, 2.45) is 0 Å². The summed E-state index contributed by atoms with van der Waals surface area (Å²) in [6.45, 7) is 6.28. The van der Waals surface area contributed by atoms with Crippen LogP contribution in [0.3, 0.4) is 0 Å². The molecule has 1 aromatic rings. The van der Waals surface area contributed by atoms with E-state index in [-0.39, 0.29) is 5.91 Å². The number of amides is 1. The van der Waals surface area contributed by atoms with Crippen LogP contribution in [0, 0.1) is 0 Å². The fourth-order valence-electron chi connectivity index (χ4n) is 1.78. The SMILES string of the molecule is CCNC(=O)c1cc(NCC(C)(C)NS(C)(=O)=O)ccn1. The molecule has 1 aromatic heterocycles. The molecule has 0 spiro atoms. The summed E-state index contributed by atoms with van der Waals surface area (Å²) in [5, 5.41) is 5.77. The zero-order valence-corrected chi connectivity index (χ0v) is 13.5. The molecule has 0 atom stereocenters. The van der Waals surface area contributed by atoms with Crippen LogP contribution in [0.2, 0.25) is 0 Å². The Morgan fingerprint density at radius 1 is 1.38 bits per heavy atom. The summed E-state index contributed by atoms with van der Waals surface area (Å²) in [5.41, 5.74) is 0.369. The highest BCUT2D eigenvalue weighted by Gasteiger charge is 2.21. The highest BCUT2D eigenvalue weighted by Crippen LogP contribution is 2.11. The molecule has 3 N–H and O–H groups in total. The maximum absolute atomic E-state index is 11.7. The smallest absolute Gasteiger partial charge is 0.269 e. The molecule has 0 aliphatic rings. The van der Waals surface area contributed by atoms with Gasteiger partial charge in [-0.2, -0.15) is 0 Å². The van der Waals surface area contributed by atoms with Crippen LogP contribution in [0.15, 0.2) is 18.3 Å². The van der Waals surface area contributed by atoms with Gasteiger partial charge in [0.25, 0.3) is 5.91 Å². The monoisotopic (exact) mass is 314 g/mol. The summed E-state index contributed by atoms with van der Waals surface area (Å²) in [6, 6.07) is 3.35. The average Bonchev–Trinajstić information content (AvgIpc) is 2.34. The van der Waals surface area contributed by atoms with Crippen LogP contribution in [0.4, 0.5) is 5.69 Å². The van der Waals surface area contributed by atoms with Crippen LogP contribution in [0.5, 0.6) is 0 Å². The zero-order valence-electron chi connectivity index (χ0n) is 12.7. The summed E-state index contributed by atoms with van der Waals surface area (Å²) in [5.74, 6) is -0.241. The second-order valence-corrected chi connectivity index (χ2v) is 7.15. The molecule has 0 aliphatic carbocycles. The van der Waals surface area contributed by atoms with Crippen molar-refractivity contribution in [3.63, 3.8) is 0 Å². The fraction of sp³-hybridized carbons (Fsp3) is 0.538. The normalized spacial score (nSPS) is 12.0. The van der Waals surface area contributed by atoms with Crippen molar-refractivity contribution in [2.45, 2.75) is 26.3 Å². The topological polar surface area (TPSA) is 100 Å². The van der Waals surface area contributed by atoms with E-state index in [0.717, 1.165) is 6.26 Å². The molecule has 0 saturated carbocycles. The van der Waals surface area contributed by atoms with E-state index in [9.17, 15) is 13.2 Å². The Morgan fingerprint density at radius 2 is 2.05 bits per heavy atom. The number of sulfonamides is 1. The van der Waals surface area contributed by atoms with Gasteiger partial charge in [-0.15, -0.1) is 0 Å². The number of pyridine rings is 1. The lowest BCUT2D eigenvalue weighted by atomic mass is 10.1. The van der Waals surface area contributed by atoms with Gasteiger partial charge in [-0.3, -0.25) is 9.78 Å². The van der Waals surface area contributed by atoms with Gasteiger partial charge in [-0.1, -0.05) is 0 Å². The number of nitrogens with one attached hydrogen (secondary N) is 3. The zero-order chi connectivity index (χ0) is 16.1. The predicted octanol–water partition coefficient (Wildman–Crippen LogP) is 0.571. The van der Waals surface area contributed by atoms with Gasteiger partial charge < -0.3 is 10.6 Å². The first-order valence-electron chi connectivity index (χ1n) is 6.60. The fourth-order valence-corrected chi connectivity index (χ4v) is 2.85. The molecule has 0 saturated heterocycles. The Balaban J connectivity index is 2.72. The third-order valence-corrected chi connectivity index (χ3v) is 3.45. The number of carbonyl (C=O) groups excluding carboxylic acids is 1. The summed E-state index contributed by atoms with van der Waals surface area (Å²) in [6.07, 6.45) is 2.65. The molecule has 1 heterocycles. The van der Waals surface area contributed by atoms with Crippen LogP contribution < -0.4 is 15.4 Å². The van der Waals surface area contributed by atoms with E-state index >= 15 is 0 Å². The largest absolute Gasteiger partial charge is 0.383 e. The van der Waals surface area contributed by atoms with E-state index < -0.39 is 15.6 Å². The number of nitrogens with zero attached hydrogens (tertiary/aromatic N) is 1. The molecule has 0 bridgehead atoms. The van der Waals surface area contributed by atoms with Crippen molar-refractivity contribution in [1.29, 1.82) is 0 Å². The van der Waals surface area contributed by atoms with Gasteiger partial charge in [0.15, 0.2) is 0 Å². The highest BCUT2D eigenvalue weighted by molar-refractivity contribution is 7.88. The van der Waals surface area contributed by atoms with Crippen molar-refractivity contribution >= 4 is 21.6 Å². The van der Waals surface area contributed by atoms with Crippen molar-refractivity contribution < 1.29 is 13.2 Å². The van der Waals surface area contributed by atoms with Crippen LogP contribution in [-0.4, -0.2) is 44.2 Å². The predicted molar refractivity (Wildman–Crippen MR) is 82.8 cm³/mol. The molecule has 1 rings (SSSR count). The van der Waals surface area contributed by atoms with Gasteiger partial charge in [0, 0.05) is 30.5 Å². The van der Waals surface area contributed by atoms with E-state index in [1.54, 1.807) is 26.0 Å². The summed E-state index contributed by atoms with van der Waals surface area (Å²) in [4.78, 5) is 15.7. The van der Waals surface area contributed by atoms with Crippen LogP contribution >= 0.6 is 0 Å². The second-order valence-electron chi connectivity index (χ2n) is 5.40. The van der Waals surface area contributed by atoms with Crippen molar-refractivity contribution in [3.05, 3.63) is 24.0 Å². The Kier molecular flexibility index (Phi) is 5.68. The standard InChI is InChI=1S/C13H22N4O3S/c1-5-14-12(18)11-8-10(6-7-15-11)16-9-13(2,3)17-21(4,19)20/h6-8,17H,5,9H2,1-4H3,(H,14,18)(H,15,16). The highest BCUT2D eigenvalue weighted by atomic mass is 32.2. The first kappa shape index (κ1) is 17.4. The molecule has 1 amide bonds. The number of hydrogen-bond donors (Lipinski definition) is 3. The van der Waals surface area contributed by atoms with E-state index in [1.807, 2.05) is 6.92 Å². The molecule has 0 radical (unpaired) electrons. The summed E-state index contributed by atoms with van der Waals surface area (Å²) in [7, 11) is -3.28. The Bertz CT molecular complexity index is 599. The number of hydrogen-bond acceptors (Lipinski definition) is 5. The van der Waals surface area contributed by atoms with Crippen LogP contribution in [0.25, 0.3) is 0 Å². The summed E-state index contributed by atoms with van der Waals surface area (Å²) < 4.78 is 25.1. The number of aromatic nitrogens is 1. The van der Waals surface area contributed by atoms with Crippen molar-refractivity contribution in [3.8, 4) is 0 Å². The maximum atomic E-state index is 11.7. The molecule has 118 valence electrons. The molecule has 0 unspecified atom stereocenters. The molecule has 0 fully saturated rings. The van der Waals surface area contributed by atoms with Gasteiger partial charge in [0.05, 0.1) is 6.26 Å².